The SMILES string of the molecule is COCCn1cc(C(=O)Nc2ccc(F)c(Cl)c2)c2n[nH]c(=O)c-2c1. The number of halogens is 2. The van der Waals surface area contributed by atoms with Gasteiger partial charge in [-0.1, -0.05) is 11.6 Å². The Morgan fingerprint density at radius 3 is 2.96 bits per heavy atom. The van der Waals surface area contributed by atoms with Crippen molar-refractivity contribution >= 4 is 23.2 Å². The summed E-state index contributed by atoms with van der Waals surface area (Å²) >= 11 is 5.72. The molecule has 2 aliphatic rings. The number of aromatic nitrogens is 3. The van der Waals surface area contributed by atoms with Gasteiger partial charge in [-0.2, -0.15) is 5.10 Å². The third kappa shape index (κ3) is 3.54. The number of methoxy groups -OCH3 is 1. The van der Waals surface area contributed by atoms with E-state index in [2.05, 4.69) is 15.5 Å². The van der Waals surface area contributed by atoms with Crippen LogP contribution in [0.15, 0.2) is 35.4 Å². The Balaban J connectivity index is 1.96. The number of pyridine rings is 1. The number of H-pyrrole nitrogens is 1. The van der Waals surface area contributed by atoms with Gasteiger partial charge in [0.15, 0.2) is 0 Å². The van der Waals surface area contributed by atoms with Gasteiger partial charge in [-0.3, -0.25) is 9.59 Å². The van der Waals surface area contributed by atoms with Gasteiger partial charge in [0.25, 0.3) is 11.5 Å². The van der Waals surface area contributed by atoms with Crippen LogP contribution in [0, 0.1) is 5.82 Å². The topological polar surface area (TPSA) is 89.0 Å². The lowest BCUT2D eigenvalue weighted by molar-refractivity contribution is 0.102. The first-order valence-corrected chi connectivity index (χ1v) is 7.71. The molecular weight excluding hydrogens is 351 g/mol. The number of hydrogen-bond acceptors (Lipinski definition) is 4. The van der Waals surface area contributed by atoms with E-state index >= 15 is 0 Å². The second-order valence-corrected chi connectivity index (χ2v) is 5.71. The van der Waals surface area contributed by atoms with Crippen molar-refractivity contribution in [2.24, 2.45) is 0 Å². The second-order valence-electron chi connectivity index (χ2n) is 5.30. The van der Waals surface area contributed by atoms with Crippen LogP contribution in [-0.2, 0) is 11.3 Å². The molecule has 0 atom stereocenters. The summed E-state index contributed by atoms with van der Waals surface area (Å²) in [5.74, 6) is -1.08. The highest BCUT2D eigenvalue weighted by atomic mass is 35.5. The Hall–Kier alpha value is -2.71. The zero-order valence-electron chi connectivity index (χ0n) is 13.2. The van der Waals surface area contributed by atoms with Crippen LogP contribution in [0.4, 0.5) is 10.1 Å². The average Bonchev–Trinajstić information content (AvgIpc) is 2.97. The van der Waals surface area contributed by atoms with Crippen LogP contribution in [0.25, 0.3) is 11.3 Å². The van der Waals surface area contributed by atoms with E-state index in [4.69, 9.17) is 16.3 Å². The Morgan fingerprint density at radius 1 is 1.44 bits per heavy atom. The number of fused-ring (bicyclic) bond motifs is 1. The second kappa shape index (κ2) is 7.04. The summed E-state index contributed by atoms with van der Waals surface area (Å²) in [5, 5.41) is 8.76. The van der Waals surface area contributed by atoms with E-state index in [9.17, 15) is 14.0 Å². The normalized spacial score (nSPS) is 11.0. The molecule has 0 bridgehead atoms. The van der Waals surface area contributed by atoms with E-state index in [1.807, 2.05) is 0 Å². The molecule has 2 heterocycles. The largest absolute Gasteiger partial charge is 0.383 e. The molecule has 25 heavy (non-hydrogen) atoms. The van der Waals surface area contributed by atoms with Crippen LogP contribution in [0.5, 0.6) is 0 Å². The summed E-state index contributed by atoms with van der Waals surface area (Å²) in [6.07, 6.45) is 3.17. The maximum Gasteiger partial charge on any atom is 0.275 e. The molecule has 0 unspecified atom stereocenters. The van der Waals surface area contributed by atoms with E-state index in [0.29, 0.717) is 24.4 Å². The summed E-state index contributed by atoms with van der Waals surface area (Å²) in [7, 11) is 1.56. The highest BCUT2D eigenvalue weighted by Gasteiger charge is 2.21. The van der Waals surface area contributed by atoms with Crippen LogP contribution in [0.3, 0.4) is 0 Å². The smallest absolute Gasteiger partial charge is 0.275 e. The molecule has 3 rings (SSSR count). The zero-order chi connectivity index (χ0) is 18.0. The predicted octanol–water partition coefficient (Wildman–Crippen LogP) is 2.37. The summed E-state index contributed by atoms with van der Waals surface area (Å²) in [6.45, 7) is 0.872. The lowest BCUT2D eigenvalue weighted by Gasteiger charge is -2.13. The molecule has 0 radical (unpaired) electrons. The molecule has 9 heteroatoms. The first-order valence-electron chi connectivity index (χ1n) is 7.33. The maximum absolute atomic E-state index is 13.2. The summed E-state index contributed by atoms with van der Waals surface area (Å²) in [6, 6.07) is 3.85. The number of ether oxygens (including phenoxy) is 1. The predicted molar refractivity (Wildman–Crippen MR) is 90.7 cm³/mol. The first kappa shape index (κ1) is 17.1. The lowest BCUT2D eigenvalue weighted by Crippen LogP contribution is -2.18. The molecule has 130 valence electrons. The van der Waals surface area contributed by atoms with E-state index in [1.54, 1.807) is 24.1 Å². The number of carbonyl (C=O) groups excluding carboxylic acids is 1. The number of rotatable bonds is 5. The summed E-state index contributed by atoms with van der Waals surface area (Å²) in [4.78, 5) is 24.5. The number of hydrogen-bond donors (Lipinski definition) is 2. The fourth-order valence-corrected chi connectivity index (χ4v) is 2.53. The van der Waals surface area contributed by atoms with Gasteiger partial charge in [0.1, 0.15) is 11.5 Å². The standard InChI is InChI=1S/C16H14ClFN4O3/c1-25-5-4-22-7-10(14-11(8-22)16(24)21-20-14)15(23)19-9-2-3-13(18)12(17)6-9/h2-3,6-8H,4-5H2,1H3,(H,19,23)(H,21,24). The van der Waals surface area contributed by atoms with Crippen LogP contribution < -0.4 is 10.9 Å². The first-order chi connectivity index (χ1) is 12.0. The minimum Gasteiger partial charge on any atom is -0.383 e. The van der Waals surface area contributed by atoms with Gasteiger partial charge in [-0.15, -0.1) is 0 Å². The Bertz CT molecular complexity index is 953. The molecule has 0 aromatic heterocycles. The van der Waals surface area contributed by atoms with Gasteiger partial charge >= 0.3 is 0 Å². The molecule has 1 amide bonds. The van der Waals surface area contributed by atoms with Crippen molar-refractivity contribution in [1.29, 1.82) is 0 Å². The third-order valence-corrected chi connectivity index (χ3v) is 3.88. The van der Waals surface area contributed by atoms with Gasteiger partial charge in [0, 0.05) is 31.7 Å². The van der Waals surface area contributed by atoms with E-state index in [-0.39, 0.29) is 21.8 Å². The van der Waals surface area contributed by atoms with Crippen LogP contribution >= 0.6 is 11.6 Å². The zero-order valence-corrected chi connectivity index (χ0v) is 13.9. The Kier molecular flexibility index (Phi) is 4.82. The highest BCUT2D eigenvalue weighted by Crippen LogP contribution is 2.23. The molecule has 1 aromatic carbocycles. The summed E-state index contributed by atoms with van der Waals surface area (Å²) < 4.78 is 19.9. The van der Waals surface area contributed by atoms with Gasteiger partial charge in [0.05, 0.1) is 22.8 Å². The van der Waals surface area contributed by atoms with Crippen LogP contribution in [-0.4, -0.2) is 34.4 Å². The van der Waals surface area contributed by atoms with Crippen molar-refractivity contribution in [2.75, 3.05) is 19.0 Å². The van der Waals surface area contributed by atoms with Gasteiger partial charge in [-0.05, 0) is 18.2 Å². The molecule has 0 spiro atoms. The quantitative estimate of drug-likeness (QED) is 0.727. The molecule has 1 aromatic rings. The van der Waals surface area contributed by atoms with Crippen molar-refractivity contribution in [3.8, 4) is 11.3 Å². The van der Waals surface area contributed by atoms with E-state index in [0.717, 1.165) is 6.07 Å². The molecule has 2 aliphatic heterocycles. The number of carbonyl (C=O) groups is 1. The number of anilines is 1. The van der Waals surface area contributed by atoms with Crippen molar-refractivity contribution in [3.05, 3.63) is 57.3 Å². The molecule has 0 aliphatic carbocycles. The number of nitrogens with zero attached hydrogens (tertiary/aromatic N) is 2. The minimum absolute atomic E-state index is 0.104. The van der Waals surface area contributed by atoms with Gasteiger partial charge < -0.3 is 14.6 Å². The van der Waals surface area contributed by atoms with Crippen molar-refractivity contribution < 1.29 is 13.9 Å². The lowest BCUT2D eigenvalue weighted by atomic mass is 10.1. The number of benzene rings is 1. The maximum atomic E-state index is 13.2. The molecule has 2 N–H and O–H groups in total. The fraction of sp³-hybridized carbons (Fsp3) is 0.188. The van der Waals surface area contributed by atoms with Crippen molar-refractivity contribution in [1.82, 2.24) is 14.8 Å². The average molecular weight is 365 g/mol. The monoisotopic (exact) mass is 364 g/mol. The van der Waals surface area contributed by atoms with Crippen LogP contribution in [0.2, 0.25) is 5.02 Å². The van der Waals surface area contributed by atoms with Gasteiger partial charge in [0.2, 0.25) is 0 Å². The van der Waals surface area contributed by atoms with Crippen molar-refractivity contribution in [3.63, 3.8) is 0 Å². The van der Waals surface area contributed by atoms with Crippen molar-refractivity contribution in [2.45, 2.75) is 6.54 Å². The van der Waals surface area contributed by atoms with Crippen LogP contribution in [0.1, 0.15) is 10.4 Å². The number of nitrogens with one attached hydrogen (secondary N) is 2. The fourth-order valence-electron chi connectivity index (χ4n) is 2.35. The Morgan fingerprint density at radius 2 is 2.24 bits per heavy atom. The highest BCUT2D eigenvalue weighted by molar-refractivity contribution is 6.31. The number of aromatic amines is 1. The number of amides is 1. The van der Waals surface area contributed by atoms with E-state index in [1.165, 1.54) is 12.1 Å². The molecule has 0 saturated carbocycles. The van der Waals surface area contributed by atoms with Gasteiger partial charge in [-0.25, -0.2) is 9.49 Å². The summed E-state index contributed by atoms with van der Waals surface area (Å²) in [5.41, 5.74) is 0.688. The molecule has 7 nitrogen and oxygen atoms in total. The molecule has 0 saturated heterocycles. The van der Waals surface area contributed by atoms with E-state index < -0.39 is 11.7 Å². The molecular formula is C16H14ClFN4O3. The Labute approximate surface area is 146 Å². The molecule has 0 fully saturated rings. The minimum atomic E-state index is -0.581. The third-order valence-electron chi connectivity index (χ3n) is 3.59.